The van der Waals surface area contributed by atoms with Crippen molar-refractivity contribution in [1.29, 1.82) is 0 Å². The average Bonchev–Trinajstić information content (AvgIpc) is 3.38. The van der Waals surface area contributed by atoms with E-state index in [0.717, 1.165) is 41.8 Å². The van der Waals surface area contributed by atoms with Crippen LogP contribution in [0.4, 0.5) is 4.39 Å². The van der Waals surface area contributed by atoms with Gasteiger partial charge in [-0.05, 0) is 49.6 Å². The Labute approximate surface area is 185 Å². The number of carbonyl (C=O) groups is 1. The molecule has 2 aromatic carbocycles. The molecule has 2 aromatic heterocycles. The van der Waals surface area contributed by atoms with Gasteiger partial charge in [0.15, 0.2) is 5.89 Å². The summed E-state index contributed by atoms with van der Waals surface area (Å²) in [4.78, 5) is 24.0. The number of imidazole rings is 1. The molecule has 0 saturated carbocycles. The number of rotatable bonds is 5. The number of aromatic nitrogens is 3. The molecular weight excluding hydrogens is 407 g/mol. The molecule has 1 atom stereocenters. The van der Waals surface area contributed by atoms with Crippen molar-refractivity contribution in [3.63, 3.8) is 0 Å². The number of oxazole rings is 1. The number of hydrogen-bond acceptors (Lipinski definition) is 4. The Morgan fingerprint density at radius 1 is 1.22 bits per heavy atom. The van der Waals surface area contributed by atoms with E-state index in [2.05, 4.69) is 9.97 Å². The number of amides is 1. The molecule has 1 fully saturated rings. The van der Waals surface area contributed by atoms with Crippen LogP contribution in [-0.4, -0.2) is 38.4 Å². The zero-order valence-corrected chi connectivity index (χ0v) is 18.0. The summed E-state index contributed by atoms with van der Waals surface area (Å²) < 4.78 is 21.4. The highest BCUT2D eigenvalue weighted by molar-refractivity contribution is 5.81. The predicted molar refractivity (Wildman–Crippen MR) is 119 cm³/mol. The monoisotopic (exact) mass is 432 g/mol. The van der Waals surface area contributed by atoms with Crippen molar-refractivity contribution >= 4 is 16.9 Å². The molecule has 4 aromatic rings. The van der Waals surface area contributed by atoms with Crippen LogP contribution in [0.3, 0.4) is 0 Å². The number of carbonyl (C=O) groups excluding carboxylic acids is 1. The quantitative estimate of drug-likeness (QED) is 0.467. The Kier molecular flexibility index (Phi) is 5.47. The molecule has 0 N–H and O–H groups in total. The van der Waals surface area contributed by atoms with E-state index in [0.29, 0.717) is 24.6 Å². The van der Waals surface area contributed by atoms with Gasteiger partial charge in [0.1, 0.15) is 23.9 Å². The van der Waals surface area contributed by atoms with Crippen molar-refractivity contribution in [3.8, 4) is 0 Å². The van der Waals surface area contributed by atoms with Crippen LogP contribution in [0, 0.1) is 12.7 Å². The molecule has 1 aliphatic heterocycles. The molecule has 3 heterocycles. The van der Waals surface area contributed by atoms with Gasteiger partial charge in [0, 0.05) is 19.5 Å². The third-order valence-corrected chi connectivity index (χ3v) is 6.10. The lowest BCUT2D eigenvalue weighted by molar-refractivity contribution is -0.133. The van der Waals surface area contributed by atoms with E-state index in [1.807, 2.05) is 46.7 Å². The first-order chi connectivity index (χ1) is 15.6. The highest BCUT2D eigenvalue weighted by atomic mass is 19.1. The van der Waals surface area contributed by atoms with Gasteiger partial charge in [0.2, 0.25) is 5.91 Å². The van der Waals surface area contributed by atoms with Gasteiger partial charge in [0.05, 0.1) is 23.1 Å². The van der Waals surface area contributed by atoms with Crippen molar-refractivity contribution in [1.82, 2.24) is 19.4 Å². The van der Waals surface area contributed by atoms with Crippen LogP contribution in [0.5, 0.6) is 0 Å². The number of nitrogens with zero attached hydrogens (tertiary/aromatic N) is 4. The number of likely N-dealkylation sites (tertiary alicyclic amines) is 1. The van der Waals surface area contributed by atoms with E-state index in [9.17, 15) is 9.18 Å². The molecule has 0 radical (unpaired) electrons. The maximum absolute atomic E-state index is 13.4. The highest BCUT2D eigenvalue weighted by Crippen LogP contribution is 2.28. The first-order valence-corrected chi connectivity index (χ1v) is 11.0. The van der Waals surface area contributed by atoms with Crippen LogP contribution in [-0.2, 0) is 17.8 Å². The Morgan fingerprint density at radius 3 is 2.97 bits per heavy atom. The summed E-state index contributed by atoms with van der Waals surface area (Å²) in [6.07, 6.45) is 4.04. The first kappa shape index (κ1) is 20.4. The van der Waals surface area contributed by atoms with E-state index in [1.54, 1.807) is 12.3 Å². The average molecular weight is 432 g/mol. The number of para-hydroxylation sites is 2. The van der Waals surface area contributed by atoms with Gasteiger partial charge in [0.25, 0.3) is 0 Å². The number of aryl methyl sites for hydroxylation is 1. The number of fused-ring (bicyclic) bond motifs is 1. The van der Waals surface area contributed by atoms with E-state index < -0.39 is 0 Å². The van der Waals surface area contributed by atoms with E-state index in [-0.39, 0.29) is 24.2 Å². The second kappa shape index (κ2) is 8.57. The van der Waals surface area contributed by atoms with Crippen LogP contribution in [0.15, 0.2) is 59.1 Å². The zero-order valence-electron chi connectivity index (χ0n) is 18.0. The van der Waals surface area contributed by atoms with Gasteiger partial charge in [-0.1, -0.05) is 24.3 Å². The lowest BCUT2D eigenvalue weighted by atomic mass is 9.98. The molecule has 0 bridgehead atoms. The number of hydrogen-bond donors (Lipinski definition) is 0. The molecule has 6 nitrogen and oxygen atoms in total. The van der Waals surface area contributed by atoms with Gasteiger partial charge in [-0.25, -0.2) is 14.4 Å². The first-order valence-electron chi connectivity index (χ1n) is 11.0. The standard InChI is InChI=1S/C25H25FN4O2/c1-17-28-22-9-2-3-10-23(22)30(17)16-24(31)29-11-5-7-19(15-29)25-27-14-21(32-25)13-18-6-4-8-20(26)12-18/h2-4,6,8-10,12,14,19H,5,7,11,13,15-16H2,1H3/t19-/m1/s1. The summed E-state index contributed by atoms with van der Waals surface area (Å²) in [6.45, 7) is 3.52. The summed E-state index contributed by atoms with van der Waals surface area (Å²) in [7, 11) is 0. The summed E-state index contributed by atoms with van der Waals surface area (Å²) >= 11 is 0. The molecule has 0 spiro atoms. The minimum atomic E-state index is -0.260. The molecule has 5 rings (SSSR count). The summed E-state index contributed by atoms with van der Waals surface area (Å²) in [5.74, 6) is 2.07. The number of benzene rings is 2. The molecule has 1 aliphatic rings. The van der Waals surface area contributed by atoms with Crippen molar-refractivity contribution in [3.05, 3.63) is 83.6 Å². The second-order valence-corrected chi connectivity index (χ2v) is 8.38. The highest BCUT2D eigenvalue weighted by Gasteiger charge is 2.28. The molecule has 32 heavy (non-hydrogen) atoms. The minimum absolute atomic E-state index is 0.0644. The van der Waals surface area contributed by atoms with Crippen LogP contribution in [0.2, 0.25) is 0 Å². The zero-order chi connectivity index (χ0) is 22.1. The van der Waals surface area contributed by atoms with E-state index in [1.165, 1.54) is 12.1 Å². The fourth-order valence-corrected chi connectivity index (χ4v) is 4.48. The topological polar surface area (TPSA) is 64.2 Å². The second-order valence-electron chi connectivity index (χ2n) is 8.38. The molecular formula is C25H25FN4O2. The molecule has 1 amide bonds. The van der Waals surface area contributed by atoms with Crippen molar-refractivity contribution in [2.45, 2.75) is 38.6 Å². The molecule has 164 valence electrons. The summed E-state index contributed by atoms with van der Waals surface area (Å²) in [5, 5.41) is 0. The predicted octanol–water partition coefficient (Wildman–Crippen LogP) is 4.47. The van der Waals surface area contributed by atoms with E-state index >= 15 is 0 Å². The van der Waals surface area contributed by atoms with E-state index in [4.69, 9.17) is 4.42 Å². The Bertz CT molecular complexity index is 1260. The third-order valence-electron chi connectivity index (χ3n) is 6.10. The Morgan fingerprint density at radius 2 is 2.09 bits per heavy atom. The van der Waals surface area contributed by atoms with Crippen LogP contribution < -0.4 is 0 Å². The van der Waals surface area contributed by atoms with Crippen LogP contribution in [0.25, 0.3) is 11.0 Å². The van der Waals surface area contributed by atoms with Gasteiger partial charge < -0.3 is 13.9 Å². The third kappa shape index (κ3) is 4.15. The van der Waals surface area contributed by atoms with Crippen molar-refractivity contribution in [2.24, 2.45) is 0 Å². The van der Waals surface area contributed by atoms with Gasteiger partial charge in [-0.15, -0.1) is 0 Å². The number of halogens is 1. The minimum Gasteiger partial charge on any atom is -0.445 e. The largest absolute Gasteiger partial charge is 0.445 e. The lowest BCUT2D eigenvalue weighted by Gasteiger charge is -2.31. The molecule has 0 unspecified atom stereocenters. The fraction of sp³-hybridized carbons (Fsp3) is 0.320. The van der Waals surface area contributed by atoms with Gasteiger partial charge in [-0.2, -0.15) is 0 Å². The van der Waals surface area contributed by atoms with Crippen molar-refractivity contribution in [2.75, 3.05) is 13.1 Å². The summed E-state index contributed by atoms with van der Waals surface area (Å²) in [5.41, 5.74) is 2.72. The van der Waals surface area contributed by atoms with Gasteiger partial charge in [-0.3, -0.25) is 4.79 Å². The number of piperidine rings is 1. The maximum Gasteiger partial charge on any atom is 0.242 e. The van der Waals surface area contributed by atoms with Crippen LogP contribution >= 0.6 is 0 Å². The molecule has 0 aliphatic carbocycles. The van der Waals surface area contributed by atoms with Crippen molar-refractivity contribution < 1.29 is 13.6 Å². The maximum atomic E-state index is 13.4. The lowest BCUT2D eigenvalue weighted by Crippen LogP contribution is -2.41. The molecule has 7 heteroatoms. The smallest absolute Gasteiger partial charge is 0.242 e. The SMILES string of the molecule is Cc1nc2ccccc2n1CC(=O)N1CCC[C@@H](c2ncc(Cc3cccc(F)c3)o2)C1. The molecule has 1 saturated heterocycles. The fourth-order valence-electron chi connectivity index (χ4n) is 4.48. The summed E-state index contributed by atoms with van der Waals surface area (Å²) in [6, 6.07) is 14.4. The normalized spacial score (nSPS) is 16.6. The Hall–Kier alpha value is -3.48. The Balaban J connectivity index is 1.27. The van der Waals surface area contributed by atoms with Gasteiger partial charge >= 0.3 is 0 Å². The van der Waals surface area contributed by atoms with Crippen LogP contribution in [0.1, 0.15) is 41.8 Å².